The average molecular weight is 693 g/mol. The molecule has 1 unspecified atom stereocenters. The molecular formula is C49H28N2OS. The number of rotatable bonds is 1. The fraction of sp³-hybridized carbons (Fsp3) is 0.0204. The van der Waals surface area contributed by atoms with Crippen molar-refractivity contribution in [1.29, 1.82) is 0 Å². The molecular weight excluding hydrogens is 665 g/mol. The third-order valence-electron chi connectivity index (χ3n) is 12.0. The molecule has 0 bridgehead atoms. The molecule has 2 aliphatic heterocycles. The van der Waals surface area contributed by atoms with Crippen molar-refractivity contribution in [3.8, 4) is 11.4 Å². The number of hydrogen-bond acceptors (Lipinski definition) is 2. The summed E-state index contributed by atoms with van der Waals surface area (Å²) < 4.78 is 11.3. The minimum Gasteiger partial charge on any atom is -0.456 e. The van der Waals surface area contributed by atoms with E-state index in [2.05, 4.69) is 173 Å². The molecule has 0 radical (unpaired) electrons. The molecule has 4 heteroatoms. The number of para-hydroxylation sites is 5. The summed E-state index contributed by atoms with van der Waals surface area (Å²) >= 11 is 1.91. The topological polar surface area (TPSA) is 23.0 Å². The average Bonchev–Trinajstić information content (AvgIpc) is 3.87. The van der Waals surface area contributed by atoms with E-state index in [4.69, 9.17) is 4.42 Å². The molecule has 0 fully saturated rings. The molecule has 5 heterocycles. The molecule has 1 atom stereocenters. The summed E-state index contributed by atoms with van der Waals surface area (Å²) in [5.74, 6) is 0. The van der Waals surface area contributed by atoms with Crippen molar-refractivity contribution in [2.45, 2.75) is 15.2 Å². The van der Waals surface area contributed by atoms with E-state index in [0.717, 1.165) is 27.6 Å². The van der Waals surface area contributed by atoms with Crippen LogP contribution in [0.25, 0.3) is 76.9 Å². The number of nitrogens with zero attached hydrogens (tertiary/aromatic N) is 2. The smallest absolute Gasteiger partial charge is 0.135 e. The van der Waals surface area contributed by atoms with Gasteiger partial charge < -0.3 is 13.6 Å². The van der Waals surface area contributed by atoms with Gasteiger partial charge in [-0.1, -0.05) is 121 Å². The lowest BCUT2D eigenvalue weighted by Gasteiger charge is -2.45. The van der Waals surface area contributed by atoms with Crippen LogP contribution in [0.4, 0.5) is 0 Å². The second-order valence-corrected chi connectivity index (χ2v) is 15.5. The van der Waals surface area contributed by atoms with Crippen molar-refractivity contribution in [3.63, 3.8) is 0 Å². The van der Waals surface area contributed by atoms with Gasteiger partial charge in [0.15, 0.2) is 0 Å². The van der Waals surface area contributed by atoms with Gasteiger partial charge in [-0.05, 0) is 82.9 Å². The Balaban J connectivity index is 1.21. The second kappa shape index (κ2) is 9.88. The molecule has 0 saturated heterocycles. The summed E-state index contributed by atoms with van der Waals surface area (Å²) in [7, 11) is 0. The van der Waals surface area contributed by atoms with E-state index in [1.54, 1.807) is 0 Å². The molecule has 0 N–H and O–H groups in total. The summed E-state index contributed by atoms with van der Waals surface area (Å²) in [5.41, 5.74) is 13.9. The van der Waals surface area contributed by atoms with Crippen molar-refractivity contribution >= 4 is 77.3 Å². The Morgan fingerprint density at radius 2 is 1.06 bits per heavy atom. The Bertz CT molecular complexity index is 3400. The molecule has 53 heavy (non-hydrogen) atoms. The zero-order valence-electron chi connectivity index (χ0n) is 28.4. The van der Waals surface area contributed by atoms with E-state index in [9.17, 15) is 0 Å². The first kappa shape index (κ1) is 28.1. The van der Waals surface area contributed by atoms with Crippen LogP contribution in [0, 0.1) is 0 Å². The predicted molar refractivity (Wildman–Crippen MR) is 218 cm³/mol. The van der Waals surface area contributed by atoms with Crippen molar-refractivity contribution in [2.75, 3.05) is 0 Å². The van der Waals surface area contributed by atoms with Gasteiger partial charge in [-0.15, -0.1) is 0 Å². The van der Waals surface area contributed by atoms with Gasteiger partial charge in [0.1, 0.15) is 11.2 Å². The molecule has 3 aromatic heterocycles. The zero-order chi connectivity index (χ0) is 34.4. The van der Waals surface area contributed by atoms with Crippen LogP contribution in [-0.2, 0) is 5.41 Å². The van der Waals surface area contributed by atoms with Crippen molar-refractivity contribution < 1.29 is 4.42 Å². The standard InChI is InChI=1S/C49H28N2OS/c1-7-20-41-30(12-1)33-15-11-18-38-48(33)51(41)42-21-8-4-16-36(42)49(38)37-17-5-10-23-46(37)53-47-27-34-31-13-2-6-19-40(31)50(43(34)28-39(47)49)29-24-25-45-35(26-29)32-14-3-9-22-44(32)52-45/h1-28H. The first-order valence-corrected chi connectivity index (χ1v) is 19.0. The lowest BCUT2D eigenvalue weighted by atomic mass is 9.62. The second-order valence-electron chi connectivity index (χ2n) is 14.4. The first-order chi connectivity index (χ1) is 26.3. The van der Waals surface area contributed by atoms with Crippen LogP contribution in [0.3, 0.4) is 0 Å². The Kier molecular flexibility index (Phi) is 5.25. The molecule has 0 aliphatic carbocycles. The summed E-state index contributed by atoms with van der Waals surface area (Å²) in [4.78, 5) is 2.60. The highest BCUT2D eigenvalue weighted by molar-refractivity contribution is 7.99. The van der Waals surface area contributed by atoms with Crippen LogP contribution >= 0.6 is 11.8 Å². The molecule has 246 valence electrons. The molecule has 13 rings (SSSR count). The molecule has 1 spiro atoms. The van der Waals surface area contributed by atoms with Crippen LogP contribution < -0.4 is 0 Å². The number of aromatic nitrogens is 2. The molecule has 0 amide bonds. The lowest BCUT2D eigenvalue weighted by Crippen LogP contribution is -2.37. The first-order valence-electron chi connectivity index (χ1n) is 18.2. The van der Waals surface area contributed by atoms with Gasteiger partial charge in [0.25, 0.3) is 0 Å². The van der Waals surface area contributed by atoms with Gasteiger partial charge in [-0.25, -0.2) is 0 Å². The highest BCUT2D eigenvalue weighted by atomic mass is 32.2. The predicted octanol–water partition coefficient (Wildman–Crippen LogP) is 12.9. The van der Waals surface area contributed by atoms with Gasteiger partial charge in [0, 0.05) is 47.8 Å². The fourth-order valence-corrected chi connectivity index (χ4v) is 11.1. The normalized spacial score (nSPS) is 15.9. The molecule has 11 aromatic rings. The fourth-order valence-electron chi connectivity index (χ4n) is 9.92. The van der Waals surface area contributed by atoms with E-state index in [-0.39, 0.29) is 0 Å². The Morgan fingerprint density at radius 3 is 1.94 bits per heavy atom. The molecule has 8 aromatic carbocycles. The van der Waals surface area contributed by atoms with Gasteiger partial charge in [-0.3, -0.25) is 0 Å². The van der Waals surface area contributed by atoms with Crippen LogP contribution in [0.2, 0.25) is 0 Å². The summed E-state index contributed by atoms with van der Waals surface area (Å²) in [6.07, 6.45) is 0. The van der Waals surface area contributed by atoms with E-state index >= 15 is 0 Å². The molecule has 3 nitrogen and oxygen atoms in total. The maximum atomic E-state index is 6.28. The largest absolute Gasteiger partial charge is 0.456 e. The van der Waals surface area contributed by atoms with Gasteiger partial charge in [-0.2, -0.15) is 0 Å². The number of furan rings is 1. The quantitative estimate of drug-likeness (QED) is 0.171. The van der Waals surface area contributed by atoms with Crippen molar-refractivity contribution in [2.24, 2.45) is 0 Å². The molecule has 2 aliphatic rings. The Morgan fingerprint density at radius 1 is 0.396 bits per heavy atom. The maximum absolute atomic E-state index is 6.28. The van der Waals surface area contributed by atoms with Crippen molar-refractivity contribution in [1.82, 2.24) is 9.13 Å². The highest BCUT2D eigenvalue weighted by Crippen LogP contribution is 2.61. The van der Waals surface area contributed by atoms with E-state index in [0.29, 0.717) is 0 Å². The van der Waals surface area contributed by atoms with E-state index in [1.165, 1.54) is 81.3 Å². The minimum absolute atomic E-state index is 0.544. The van der Waals surface area contributed by atoms with Crippen LogP contribution in [0.15, 0.2) is 184 Å². The number of fused-ring (bicyclic) bond motifs is 17. The van der Waals surface area contributed by atoms with Crippen molar-refractivity contribution in [3.05, 3.63) is 192 Å². The maximum Gasteiger partial charge on any atom is 0.135 e. The zero-order valence-corrected chi connectivity index (χ0v) is 29.2. The number of benzene rings is 8. The van der Waals surface area contributed by atoms with Gasteiger partial charge in [0.05, 0.1) is 33.2 Å². The van der Waals surface area contributed by atoms with Crippen LogP contribution in [-0.4, -0.2) is 9.13 Å². The Hall–Kier alpha value is -6.49. The summed E-state index contributed by atoms with van der Waals surface area (Å²) in [6.45, 7) is 0. The minimum atomic E-state index is -0.544. The van der Waals surface area contributed by atoms with Gasteiger partial charge in [0.2, 0.25) is 0 Å². The molecule has 0 saturated carbocycles. The van der Waals surface area contributed by atoms with E-state index < -0.39 is 5.41 Å². The van der Waals surface area contributed by atoms with Crippen LogP contribution in [0.5, 0.6) is 0 Å². The monoisotopic (exact) mass is 692 g/mol. The highest BCUT2D eigenvalue weighted by Gasteiger charge is 2.49. The Labute approximate surface area is 308 Å². The third kappa shape index (κ3) is 3.39. The number of hydrogen-bond donors (Lipinski definition) is 0. The van der Waals surface area contributed by atoms with Crippen LogP contribution in [0.1, 0.15) is 22.3 Å². The summed E-state index contributed by atoms with van der Waals surface area (Å²) in [5, 5.41) is 7.35. The third-order valence-corrected chi connectivity index (χ3v) is 13.1. The SMILES string of the molecule is c1ccc2c(c1)Sc1cc3c4ccccc4n(-c4ccc5oc6ccccc6c5c4)c3cc1C21c2ccccc2-n2c3ccccc3c3cccc1c32. The summed E-state index contributed by atoms with van der Waals surface area (Å²) in [6, 6.07) is 62.9. The lowest BCUT2D eigenvalue weighted by molar-refractivity contribution is 0.669. The van der Waals surface area contributed by atoms with Gasteiger partial charge >= 0.3 is 0 Å². The van der Waals surface area contributed by atoms with E-state index in [1.807, 2.05) is 17.8 Å².